The number of halogens is 3. The van der Waals surface area contributed by atoms with Crippen molar-refractivity contribution in [2.45, 2.75) is 8.56 Å². The topological polar surface area (TPSA) is 0 Å². The van der Waals surface area contributed by atoms with Gasteiger partial charge in [0, 0.05) is 16.8 Å². The van der Waals surface area contributed by atoms with Gasteiger partial charge in [-0.1, -0.05) is 47.8 Å². The zero-order chi connectivity index (χ0) is 6.91. The Morgan fingerprint density at radius 3 is 2.20 bits per heavy atom. The largest absolute Gasteiger partial charge is 0.266 e. The van der Waals surface area contributed by atoms with Crippen LogP contribution in [0, 0.1) is 6.08 Å². The van der Waals surface area contributed by atoms with Crippen molar-refractivity contribution in [3.63, 3.8) is 0 Å². The van der Waals surface area contributed by atoms with E-state index in [0.29, 0.717) is 0 Å². The summed E-state index contributed by atoms with van der Waals surface area (Å²) in [6, 6.07) is 0. The number of allylic oxidation sites excluding steroid dienone is 4. The van der Waals surface area contributed by atoms with E-state index in [1.54, 1.807) is 0 Å². The summed E-state index contributed by atoms with van der Waals surface area (Å²) in [7, 11) is 0. The van der Waals surface area contributed by atoms with Gasteiger partial charge in [0.15, 0.2) is 0 Å². The van der Waals surface area contributed by atoms with Gasteiger partial charge in [-0.25, -0.2) is 6.08 Å². The molecule has 0 aliphatic heterocycles. The molecule has 0 amide bonds. The van der Waals surface area contributed by atoms with E-state index in [-0.39, 0.29) is 18.9 Å². The van der Waals surface area contributed by atoms with E-state index >= 15 is 0 Å². The van der Waals surface area contributed by atoms with Crippen molar-refractivity contribution >= 4 is 47.8 Å². The molecule has 0 unspecified atom stereocenters. The summed E-state index contributed by atoms with van der Waals surface area (Å²) < 4.78 is -0.264. The van der Waals surface area contributed by atoms with Crippen LogP contribution in [0.2, 0.25) is 0 Å². The van der Waals surface area contributed by atoms with E-state index in [0.717, 1.165) is 12.0 Å². The average molecular weight is 375 g/mol. The van der Waals surface area contributed by atoms with Crippen LogP contribution in [0.5, 0.6) is 0 Å². The van der Waals surface area contributed by atoms with Crippen molar-refractivity contribution in [2.24, 2.45) is 0 Å². The summed E-state index contributed by atoms with van der Waals surface area (Å²) in [6.45, 7) is 0. The molecule has 0 nitrogen and oxygen atoms in total. The van der Waals surface area contributed by atoms with Gasteiger partial charge in [0.05, 0.1) is 0 Å². The number of hydrogen-bond donors (Lipinski definition) is 0. The Balaban J connectivity index is 0.000000810. The standard InChI is InChI=1S/C6H4Br3.Co/c7-6(8,9)5-3-1-2-4-5;/h1,3H,2H2;/q-1;. The molecule has 0 saturated carbocycles. The third kappa shape index (κ3) is 3.22. The van der Waals surface area contributed by atoms with Crippen LogP contribution < -0.4 is 0 Å². The molecule has 0 aromatic rings. The maximum atomic E-state index is 3.39. The molecule has 0 spiro atoms. The van der Waals surface area contributed by atoms with Crippen molar-refractivity contribution in [2.75, 3.05) is 0 Å². The second-order valence-electron chi connectivity index (χ2n) is 1.69. The second-order valence-corrected chi connectivity index (χ2v) is 8.46. The molecule has 1 rings (SSSR count). The van der Waals surface area contributed by atoms with E-state index in [4.69, 9.17) is 0 Å². The van der Waals surface area contributed by atoms with Crippen molar-refractivity contribution in [3.05, 3.63) is 23.8 Å². The quantitative estimate of drug-likeness (QED) is 0.449. The molecule has 4 heteroatoms. The van der Waals surface area contributed by atoms with Crippen molar-refractivity contribution < 1.29 is 16.8 Å². The molecule has 0 aromatic carbocycles. The average Bonchev–Trinajstić information content (AvgIpc) is 2.08. The molecular weight excluding hydrogens is 371 g/mol. The van der Waals surface area contributed by atoms with Crippen LogP contribution in [0.1, 0.15) is 6.42 Å². The second kappa shape index (κ2) is 4.45. The molecule has 1 aliphatic rings. The Labute approximate surface area is 96.1 Å². The van der Waals surface area contributed by atoms with E-state index in [1.165, 1.54) is 0 Å². The first-order chi connectivity index (χ1) is 4.11. The summed E-state index contributed by atoms with van der Waals surface area (Å²) in [4.78, 5) is 0. The van der Waals surface area contributed by atoms with Crippen molar-refractivity contribution in [3.8, 4) is 0 Å². The Morgan fingerprint density at radius 2 is 2.00 bits per heavy atom. The van der Waals surface area contributed by atoms with E-state index in [1.807, 2.05) is 6.08 Å². The molecule has 0 fully saturated rings. The van der Waals surface area contributed by atoms with Gasteiger partial charge >= 0.3 is 0 Å². The van der Waals surface area contributed by atoms with Gasteiger partial charge < -0.3 is 0 Å². The van der Waals surface area contributed by atoms with Crippen LogP contribution in [0.4, 0.5) is 0 Å². The zero-order valence-electron chi connectivity index (χ0n) is 4.83. The summed E-state index contributed by atoms with van der Waals surface area (Å²) in [5.41, 5.74) is 1.10. The Kier molecular flexibility index (Phi) is 5.09. The number of hydrogen-bond acceptors (Lipinski definition) is 0. The predicted molar refractivity (Wildman–Crippen MR) is 50.0 cm³/mol. The summed E-state index contributed by atoms with van der Waals surface area (Å²) >= 11 is 10.2. The third-order valence-corrected chi connectivity index (χ3v) is 2.28. The number of rotatable bonds is 0. The van der Waals surface area contributed by atoms with E-state index in [9.17, 15) is 0 Å². The van der Waals surface area contributed by atoms with Gasteiger partial charge in [-0.2, -0.15) is 11.6 Å². The van der Waals surface area contributed by atoms with Gasteiger partial charge in [-0.15, -0.1) is 6.42 Å². The normalized spacial score (nSPS) is 16.5. The van der Waals surface area contributed by atoms with Crippen molar-refractivity contribution in [1.82, 2.24) is 0 Å². The number of alkyl halides is 3. The minimum absolute atomic E-state index is 0. The van der Waals surface area contributed by atoms with Crippen LogP contribution in [0.25, 0.3) is 0 Å². The van der Waals surface area contributed by atoms with Crippen LogP contribution in [-0.2, 0) is 16.8 Å². The maximum Gasteiger partial charge on any atom is 0.127 e. The summed E-state index contributed by atoms with van der Waals surface area (Å²) in [5, 5.41) is 0. The fourth-order valence-electron chi connectivity index (χ4n) is 0.599. The molecule has 0 saturated heterocycles. The molecule has 59 valence electrons. The summed E-state index contributed by atoms with van der Waals surface area (Å²) in [6.07, 6.45) is 8.17. The molecule has 0 bridgehead atoms. The van der Waals surface area contributed by atoms with Gasteiger partial charge in [0.2, 0.25) is 0 Å². The molecule has 1 aliphatic carbocycles. The molecule has 0 atom stereocenters. The Morgan fingerprint density at radius 1 is 1.40 bits per heavy atom. The fraction of sp³-hybridized carbons (Fsp3) is 0.333. The summed E-state index contributed by atoms with van der Waals surface area (Å²) in [5.74, 6) is 0. The van der Waals surface area contributed by atoms with E-state index in [2.05, 4.69) is 59.9 Å². The Bertz CT molecular complexity index is 166. The van der Waals surface area contributed by atoms with Crippen molar-refractivity contribution in [1.29, 1.82) is 0 Å². The van der Waals surface area contributed by atoms with Crippen LogP contribution >= 0.6 is 47.8 Å². The molecular formula is C6H4Br3Co-. The SMILES string of the molecule is BrC(Br)(Br)C1=[C-]CC=C1.[Co]. The van der Waals surface area contributed by atoms with Crippen LogP contribution in [0.3, 0.4) is 0 Å². The first-order valence-electron chi connectivity index (χ1n) is 2.45. The van der Waals surface area contributed by atoms with Gasteiger partial charge in [0.25, 0.3) is 0 Å². The third-order valence-electron chi connectivity index (χ3n) is 1.00. The van der Waals surface area contributed by atoms with Gasteiger partial charge in [0.1, 0.15) is 2.14 Å². The minimum atomic E-state index is -0.264. The minimum Gasteiger partial charge on any atom is -0.266 e. The predicted octanol–water partition coefficient (Wildman–Crippen LogP) is 3.51. The monoisotopic (exact) mass is 372 g/mol. The van der Waals surface area contributed by atoms with Gasteiger partial charge in [-0.05, 0) is 0 Å². The van der Waals surface area contributed by atoms with Crippen LogP contribution in [-0.4, -0.2) is 2.14 Å². The first-order valence-corrected chi connectivity index (χ1v) is 4.83. The maximum absolute atomic E-state index is 3.39. The molecule has 0 aromatic heterocycles. The molecule has 10 heavy (non-hydrogen) atoms. The zero-order valence-corrected chi connectivity index (χ0v) is 10.6. The Hall–Kier alpha value is 1.43. The molecule has 0 N–H and O–H groups in total. The first kappa shape index (κ1) is 11.4. The molecule has 0 heterocycles. The fourth-order valence-corrected chi connectivity index (χ4v) is 1.42. The van der Waals surface area contributed by atoms with Crippen LogP contribution in [0.15, 0.2) is 17.7 Å². The smallest absolute Gasteiger partial charge is 0.127 e. The molecule has 1 radical (unpaired) electrons. The van der Waals surface area contributed by atoms with E-state index < -0.39 is 0 Å². The van der Waals surface area contributed by atoms with Gasteiger partial charge in [-0.3, -0.25) is 6.08 Å².